The molecule has 3 aromatic rings. The third-order valence-electron chi connectivity index (χ3n) is 5.63. The molecule has 1 saturated heterocycles. The van der Waals surface area contributed by atoms with Crippen LogP contribution in [-0.2, 0) is 11.3 Å². The average Bonchev–Trinajstić information content (AvgIpc) is 2.80. The van der Waals surface area contributed by atoms with Gasteiger partial charge in [-0.15, -0.1) is 0 Å². The van der Waals surface area contributed by atoms with E-state index in [1.165, 1.54) is 11.1 Å². The van der Waals surface area contributed by atoms with E-state index < -0.39 is 12.1 Å². The number of carboxylic acids is 1. The molecule has 1 aliphatic rings. The number of carbonyl (C=O) groups is 1. The Hall–Kier alpha value is -3.53. The Morgan fingerprint density at radius 3 is 2.46 bits per heavy atom. The van der Waals surface area contributed by atoms with E-state index in [4.69, 9.17) is 19.1 Å². The number of piperidine rings is 1. The number of fused-ring (bicyclic) bond motifs is 1. The Morgan fingerprint density at radius 1 is 1.17 bits per heavy atom. The molecule has 7 nitrogen and oxygen atoms in total. The van der Waals surface area contributed by atoms with Gasteiger partial charge in [0, 0.05) is 37.1 Å². The summed E-state index contributed by atoms with van der Waals surface area (Å²) in [6.45, 7) is 5.20. The van der Waals surface area contributed by atoms with Crippen molar-refractivity contribution in [2.45, 2.75) is 38.5 Å². The minimum absolute atomic E-state index is 0.336. The molecular formula is C25H27F3N2O5. The number of nitrogens with one attached hydrogen (secondary N) is 1. The second-order valence-corrected chi connectivity index (χ2v) is 8.33. The monoisotopic (exact) mass is 492 g/mol. The van der Waals surface area contributed by atoms with Crippen LogP contribution in [0.25, 0.3) is 11.0 Å². The number of hydrogen-bond donors (Lipinski definition) is 2. The lowest BCUT2D eigenvalue weighted by Gasteiger charge is -2.33. The summed E-state index contributed by atoms with van der Waals surface area (Å²) in [5, 5.41) is 11.6. The Morgan fingerprint density at radius 2 is 1.86 bits per heavy atom. The molecule has 1 fully saturated rings. The number of benzene rings is 2. The van der Waals surface area contributed by atoms with E-state index in [9.17, 15) is 18.0 Å². The van der Waals surface area contributed by atoms with Crippen LogP contribution < -0.4 is 15.7 Å². The molecule has 0 aliphatic carbocycles. The van der Waals surface area contributed by atoms with Crippen LogP contribution in [0, 0.1) is 6.92 Å². The highest BCUT2D eigenvalue weighted by Crippen LogP contribution is 2.28. The number of carboxylic acid groups (broad SMARTS) is 1. The van der Waals surface area contributed by atoms with Gasteiger partial charge >= 0.3 is 17.8 Å². The topological polar surface area (TPSA) is 92.0 Å². The van der Waals surface area contributed by atoms with Crippen LogP contribution in [-0.4, -0.2) is 48.4 Å². The fourth-order valence-corrected chi connectivity index (χ4v) is 3.91. The molecule has 2 aromatic carbocycles. The third kappa shape index (κ3) is 7.48. The van der Waals surface area contributed by atoms with Gasteiger partial charge in [-0.1, -0.05) is 29.8 Å². The molecule has 4 rings (SSSR count). The van der Waals surface area contributed by atoms with Gasteiger partial charge in [0.15, 0.2) is 0 Å². The maximum absolute atomic E-state index is 11.9. The smallest absolute Gasteiger partial charge is 0.490 e. The average molecular weight is 492 g/mol. The molecule has 1 aliphatic heterocycles. The minimum Gasteiger partial charge on any atom is -0.497 e. The summed E-state index contributed by atoms with van der Waals surface area (Å²) in [6.07, 6.45) is -3.00. The highest BCUT2D eigenvalue weighted by molar-refractivity contribution is 5.90. The predicted octanol–water partition coefficient (Wildman–Crippen LogP) is 4.82. The normalized spacial score (nSPS) is 14.8. The summed E-state index contributed by atoms with van der Waals surface area (Å²) < 4.78 is 42.4. The van der Waals surface area contributed by atoms with E-state index >= 15 is 0 Å². The van der Waals surface area contributed by atoms with E-state index in [0.29, 0.717) is 11.6 Å². The largest absolute Gasteiger partial charge is 0.497 e. The van der Waals surface area contributed by atoms with E-state index in [-0.39, 0.29) is 5.63 Å². The number of ether oxygens (including phenoxy) is 1. The molecule has 10 heteroatoms. The van der Waals surface area contributed by atoms with Crippen molar-refractivity contribution in [1.82, 2.24) is 4.90 Å². The minimum atomic E-state index is -5.08. The summed E-state index contributed by atoms with van der Waals surface area (Å²) in [4.78, 5) is 23.3. The van der Waals surface area contributed by atoms with Gasteiger partial charge < -0.3 is 19.6 Å². The van der Waals surface area contributed by atoms with Crippen molar-refractivity contribution < 1.29 is 32.2 Å². The molecule has 0 saturated carbocycles. The predicted molar refractivity (Wildman–Crippen MR) is 126 cm³/mol. The van der Waals surface area contributed by atoms with Crippen molar-refractivity contribution in [2.24, 2.45) is 0 Å². The Bertz CT molecular complexity index is 1220. The number of methoxy groups -OCH3 is 1. The highest BCUT2D eigenvalue weighted by atomic mass is 19.4. The maximum atomic E-state index is 11.9. The van der Waals surface area contributed by atoms with Crippen LogP contribution in [0.5, 0.6) is 5.75 Å². The fourth-order valence-electron chi connectivity index (χ4n) is 3.91. The zero-order valence-corrected chi connectivity index (χ0v) is 19.4. The van der Waals surface area contributed by atoms with E-state index in [0.717, 1.165) is 49.3 Å². The quantitative estimate of drug-likeness (QED) is 0.494. The summed E-state index contributed by atoms with van der Waals surface area (Å²) in [5.41, 5.74) is 3.73. The zero-order chi connectivity index (χ0) is 25.6. The second-order valence-electron chi connectivity index (χ2n) is 8.33. The zero-order valence-electron chi connectivity index (χ0n) is 19.4. The summed E-state index contributed by atoms with van der Waals surface area (Å²) in [5.74, 6) is -2.01. The van der Waals surface area contributed by atoms with Gasteiger partial charge in [-0.2, -0.15) is 13.2 Å². The number of anilines is 1. The first-order chi connectivity index (χ1) is 16.5. The van der Waals surface area contributed by atoms with E-state index in [2.05, 4.69) is 41.4 Å². The number of aryl methyl sites for hydroxylation is 1. The molecule has 0 radical (unpaired) electrons. The molecule has 0 spiro atoms. The summed E-state index contributed by atoms with van der Waals surface area (Å²) in [7, 11) is 1.64. The highest BCUT2D eigenvalue weighted by Gasteiger charge is 2.38. The van der Waals surface area contributed by atoms with Crippen LogP contribution in [0.4, 0.5) is 18.9 Å². The molecule has 2 N–H and O–H groups in total. The molecule has 0 atom stereocenters. The first-order valence-electron chi connectivity index (χ1n) is 11.0. The molecule has 0 bridgehead atoms. The fraction of sp³-hybridized carbons (Fsp3) is 0.360. The van der Waals surface area contributed by atoms with E-state index in [1.54, 1.807) is 25.3 Å². The molecule has 35 heavy (non-hydrogen) atoms. The number of aliphatic carboxylic acids is 1. The van der Waals surface area contributed by atoms with Crippen LogP contribution in [0.15, 0.2) is 57.7 Å². The van der Waals surface area contributed by atoms with Gasteiger partial charge in [0.25, 0.3) is 0 Å². The van der Waals surface area contributed by atoms with Gasteiger partial charge in [-0.05, 0) is 43.5 Å². The van der Waals surface area contributed by atoms with Crippen molar-refractivity contribution in [3.05, 3.63) is 70.1 Å². The number of nitrogens with zero attached hydrogens (tertiary/aromatic N) is 1. The van der Waals surface area contributed by atoms with Crippen molar-refractivity contribution in [3.63, 3.8) is 0 Å². The SMILES string of the molecule is COc1ccc2oc(=O)cc(NC3CCN(Cc4cccc(C)c4)CC3)c2c1.O=C(O)C(F)(F)F. The lowest BCUT2D eigenvalue weighted by Crippen LogP contribution is -2.38. The third-order valence-corrected chi connectivity index (χ3v) is 5.63. The number of alkyl halides is 3. The van der Waals surface area contributed by atoms with Crippen LogP contribution in [0.2, 0.25) is 0 Å². The first-order valence-corrected chi connectivity index (χ1v) is 11.0. The number of halogens is 3. The van der Waals surface area contributed by atoms with Crippen molar-refractivity contribution in [3.8, 4) is 5.75 Å². The van der Waals surface area contributed by atoms with Gasteiger partial charge in [0.2, 0.25) is 0 Å². The standard InChI is InChI=1S/C23H26N2O3.C2HF3O2/c1-16-4-3-5-17(12-16)15-25-10-8-18(9-11-25)24-21-14-23(26)28-22-7-6-19(27-2)13-20(21)22;3-2(4,5)1(6)7/h3-7,12-14,18,24H,8-11,15H2,1-2H3;(H,6,7). The van der Waals surface area contributed by atoms with Crippen molar-refractivity contribution >= 4 is 22.6 Å². The first kappa shape index (κ1) is 26.1. The van der Waals surface area contributed by atoms with Crippen LogP contribution in [0.3, 0.4) is 0 Å². The van der Waals surface area contributed by atoms with Gasteiger partial charge in [0.1, 0.15) is 11.3 Å². The lowest BCUT2D eigenvalue weighted by atomic mass is 10.0. The summed E-state index contributed by atoms with van der Waals surface area (Å²) >= 11 is 0. The van der Waals surface area contributed by atoms with Crippen LogP contribution in [0.1, 0.15) is 24.0 Å². The number of hydrogen-bond acceptors (Lipinski definition) is 6. The molecule has 0 unspecified atom stereocenters. The Balaban J connectivity index is 0.000000429. The van der Waals surface area contributed by atoms with Crippen molar-refractivity contribution in [2.75, 3.05) is 25.5 Å². The number of rotatable bonds is 5. The molecule has 2 heterocycles. The molecular weight excluding hydrogens is 465 g/mol. The molecule has 1 aromatic heterocycles. The number of likely N-dealkylation sites (tertiary alicyclic amines) is 1. The Labute approximate surface area is 200 Å². The van der Waals surface area contributed by atoms with Gasteiger partial charge in [0.05, 0.1) is 12.8 Å². The van der Waals surface area contributed by atoms with E-state index in [1.807, 2.05) is 6.07 Å². The Kier molecular flexibility index (Phi) is 8.39. The van der Waals surface area contributed by atoms with Gasteiger partial charge in [-0.25, -0.2) is 9.59 Å². The molecule has 188 valence electrons. The van der Waals surface area contributed by atoms with Crippen LogP contribution >= 0.6 is 0 Å². The molecule has 0 amide bonds. The van der Waals surface area contributed by atoms with Gasteiger partial charge in [-0.3, -0.25) is 4.90 Å². The maximum Gasteiger partial charge on any atom is 0.490 e. The lowest BCUT2D eigenvalue weighted by molar-refractivity contribution is -0.192. The second kappa shape index (κ2) is 11.3. The van der Waals surface area contributed by atoms with Crippen molar-refractivity contribution in [1.29, 1.82) is 0 Å². The summed E-state index contributed by atoms with van der Waals surface area (Å²) in [6, 6.07) is 16.1.